The topological polar surface area (TPSA) is 4.93 Å². The van der Waals surface area contributed by atoms with E-state index in [-0.39, 0.29) is 0 Å². The van der Waals surface area contributed by atoms with Crippen molar-refractivity contribution in [3.05, 3.63) is 162 Å². The number of fused-ring (bicyclic) bond motifs is 6. The van der Waals surface area contributed by atoms with E-state index in [0.29, 0.717) is 0 Å². The summed E-state index contributed by atoms with van der Waals surface area (Å²) in [5.74, 6) is 0. The maximum absolute atomic E-state index is 3.75. The van der Waals surface area contributed by atoms with Gasteiger partial charge in [0.2, 0.25) is 0 Å². The normalized spacial score (nSPS) is 11.7. The lowest BCUT2D eigenvalue weighted by molar-refractivity contribution is 1.18. The van der Waals surface area contributed by atoms with Gasteiger partial charge in [0.25, 0.3) is 0 Å². The highest BCUT2D eigenvalue weighted by Crippen LogP contribution is 2.45. The first kappa shape index (κ1) is 26.4. The quantitative estimate of drug-likeness (QED) is 0.178. The highest BCUT2D eigenvalue weighted by molar-refractivity contribution is 9.10. The van der Waals surface area contributed by atoms with Crippen molar-refractivity contribution in [2.24, 2.45) is 0 Å². The monoisotopic (exact) mass is 655 g/mol. The number of halogens is 1. The first-order valence-electron chi connectivity index (χ1n) is 15.1. The molecular formula is C42H26BrNS. The summed E-state index contributed by atoms with van der Waals surface area (Å²) in [6, 6.07) is 57.3. The molecule has 2 heterocycles. The van der Waals surface area contributed by atoms with E-state index in [0.717, 1.165) is 10.2 Å². The molecule has 0 atom stereocenters. The van der Waals surface area contributed by atoms with Gasteiger partial charge in [-0.05, 0) is 75.8 Å². The van der Waals surface area contributed by atoms with Gasteiger partial charge in [-0.15, -0.1) is 11.3 Å². The summed E-state index contributed by atoms with van der Waals surface area (Å²) in [5, 5.41) is 5.12. The largest absolute Gasteiger partial charge is 0.309 e. The average Bonchev–Trinajstić information content (AvgIpc) is 3.64. The molecule has 0 spiro atoms. The third-order valence-corrected chi connectivity index (χ3v) is 10.7. The Morgan fingerprint density at radius 3 is 1.60 bits per heavy atom. The Hall–Kier alpha value is -4.96. The average molecular weight is 657 g/mol. The Morgan fingerprint density at radius 2 is 0.933 bits per heavy atom. The molecule has 45 heavy (non-hydrogen) atoms. The lowest BCUT2D eigenvalue weighted by Crippen LogP contribution is -1.93. The Kier molecular flexibility index (Phi) is 6.22. The molecule has 0 fully saturated rings. The van der Waals surface area contributed by atoms with Gasteiger partial charge in [-0.1, -0.05) is 131 Å². The molecule has 9 aromatic rings. The predicted octanol–water partition coefficient (Wildman–Crippen LogP) is 12.9. The number of aromatic nitrogens is 1. The van der Waals surface area contributed by atoms with Crippen molar-refractivity contribution in [1.82, 2.24) is 4.57 Å². The molecule has 0 N–H and O–H groups in total. The Bertz CT molecular complexity index is 2520. The summed E-state index contributed by atoms with van der Waals surface area (Å²) < 4.78 is 6.14. The lowest BCUT2D eigenvalue weighted by atomic mass is 9.99. The summed E-state index contributed by atoms with van der Waals surface area (Å²) >= 11 is 5.66. The summed E-state index contributed by atoms with van der Waals surface area (Å²) in [6.07, 6.45) is 0. The molecule has 0 unspecified atom stereocenters. The van der Waals surface area contributed by atoms with E-state index < -0.39 is 0 Å². The van der Waals surface area contributed by atoms with Crippen molar-refractivity contribution >= 4 is 69.2 Å². The highest BCUT2D eigenvalue weighted by atomic mass is 79.9. The molecule has 0 bridgehead atoms. The van der Waals surface area contributed by atoms with E-state index in [4.69, 9.17) is 0 Å². The smallest absolute Gasteiger partial charge is 0.0541 e. The zero-order valence-electron chi connectivity index (χ0n) is 24.2. The number of hydrogen-bond donors (Lipinski definition) is 0. The third-order valence-electron chi connectivity index (χ3n) is 8.88. The van der Waals surface area contributed by atoms with Gasteiger partial charge < -0.3 is 4.57 Å². The first-order chi connectivity index (χ1) is 22.2. The predicted molar refractivity (Wildman–Crippen MR) is 198 cm³/mol. The van der Waals surface area contributed by atoms with Gasteiger partial charge in [-0.3, -0.25) is 0 Å². The van der Waals surface area contributed by atoms with Crippen LogP contribution in [0.4, 0.5) is 0 Å². The summed E-state index contributed by atoms with van der Waals surface area (Å²) in [7, 11) is 0. The molecule has 1 nitrogen and oxygen atoms in total. The Labute approximate surface area is 273 Å². The van der Waals surface area contributed by atoms with Gasteiger partial charge in [0.15, 0.2) is 0 Å². The van der Waals surface area contributed by atoms with E-state index in [9.17, 15) is 0 Å². The standard InChI is InChI=1S/C42H26BrNS/c43-31-20-24-40-38(26-31)37-25-30(19-23-39(37)44(40)32-21-17-28(18-22-32)27-9-3-1-4-10-27)34-14-8-16-36-35-15-7-13-33(41(35)45-42(34)36)29-11-5-2-6-12-29/h1-26H. The van der Waals surface area contributed by atoms with Gasteiger partial charge in [-0.25, -0.2) is 0 Å². The third kappa shape index (κ3) is 4.34. The van der Waals surface area contributed by atoms with Crippen LogP contribution in [0.1, 0.15) is 0 Å². The van der Waals surface area contributed by atoms with Crippen LogP contribution >= 0.6 is 27.3 Å². The van der Waals surface area contributed by atoms with E-state index >= 15 is 0 Å². The van der Waals surface area contributed by atoms with Crippen LogP contribution in [-0.2, 0) is 0 Å². The molecule has 9 rings (SSSR count). The van der Waals surface area contributed by atoms with Crippen molar-refractivity contribution in [1.29, 1.82) is 0 Å². The number of rotatable bonds is 4. The zero-order chi connectivity index (χ0) is 29.9. The van der Waals surface area contributed by atoms with Crippen LogP contribution < -0.4 is 0 Å². The molecule has 3 heteroatoms. The van der Waals surface area contributed by atoms with E-state index in [1.165, 1.54) is 75.4 Å². The minimum atomic E-state index is 1.08. The Balaban J connectivity index is 1.23. The van der Waals surface area contributed by atoms with Crippen LogP contribution in [0.3, 0.4) is 0 Å². The second-order valence-electron chi connectivity index (χ2n) is 11.5. The van der Waals surface area contributed by atoms with Crippen molar-refractivity contribution in [3.63, 3.8) is 0 Å². The number of hydrogen-bond acceptors (Lipinski definition) is 1. The SMILES string of the molecule is Brc1ccc2c(c1)c1cc(-c3cccc4c3sc3c(-c5ccccc5)cccc34)ccc1n2-c1ccc(-c2ccccc2)cc1. The maximum Gasteiger partial charge on any atom is 0.0541 e. The van der Waals surface area contributed by atoms with Crippen LogP contribution in [0.5, 0.6) is 0 Å². The molecule has 0 amide bonds. The molecule has 0 saturated heterocycles. The fourth-order valence-electron chi connectivity index (χ4n) is 6.77. The molecule has 0 aliphatic rings. The van der Waals surface area contributed by atoms with Gasteiger partial charge in [0.1, 0.15) is 0 Å². The van der Waals surface area contributed by atoms with E-state index in [1.54, 1.807) is 0 Å². The van der Waals surface area contributed by atoms with Crippen LogP contribution in [0.15, 0.2) is 162 Å². The molecule has 0 saturated carbocycles. The number of thiophene rings is 1. The van der Waals surface area contributed by atoms with E-state index in [2.05, 4.69) is 178 Å². The summed E-state index contributed by atoms with van der Waals surface area (Å²) in [5.41, 5.74) is 11.1. The first-order valence-corrected chi connectivity index (χ1v) is 16.7. The molecule has 7 aromatic carbocycles. The highest BCUT2D eigenvalue weighted by Gasteiger charge is 2.17. The minimum Gasteiger partial charge on any atom is -0.309 e. The van der Waals surface area contributed by atoms with Crippen LogP contribution in [0.25, 0.3) is 81.0 Å². The lowest BCUT2D eigenvalue weighted by Gasteiger charge is -2.10. The van der Waals surface area contributed by atoms with Crippen molar-refractivity contribution in [3.8, 4) is 39.1 Å². The zero-order valence-corrected chi connectivity index (χ0v) is 26.6. The van der Waals surface area contributed by atoms with Gasteiger partial charge in [-0.2, -0.15) is 0 Å². The molecule has 0 radical (unpaired) electrons. The van der Waals surface area contributed by atoms with E-state index in [1.807, 2.05) is 11.3 Å². The van der Waals surface area contributed by atoms with Gasteiger partial charge in [0.05, 0.1) is 11.0 Å². The van der Waals surface area contributed by atoms with Crippen LogP contribution in [0.2, 0.25) is 0 Å². The molecule has 212 valence electrons. The fourth-order valence-corrected chi connectivity index (χ4v) is 8.50. The van der Waals surface area contributed by atoms with Crippen molar-refractivity contribution < 1.29 is 0 Å². The summed E-state index contributed by atoms with van der Waals surface area (Å²) in [4.78, 5) is 0. The summed E-state index contributed by atoms with van der Waals surface area (Å²) in [6.45, 7) is 0. The van der Waals surface area contributed by atoms with Crippen molar-refractivity contribution in [2.75, 3.05) is 0 Å². The number of benzene rings is 7. The molecule has 0 aliphatic carbocycles. The van der Waals surface area contributed by atoms with Crippen molar-refractivity contribution in [2.45, 2.75) is 0 Å². The van der Waals surface area contributed by atoms with Gasteiger partial charge in [0, 0.05) is 41.1 Å². The minimum absolute atomic E-state index is 1.08. The molecular weight excluding hydrogens is 630 g/mol. The van der Waals surface area contributed by atoms with Crippen LogP contribution in [-0.4, -0.2) is 4.57 Å². The molecule has 0 aliphatic heterocycles. The van der Waals surface area contributed by atoms with Gasteiger partial charge >= 0.3 is 0 Å². The molecule has 2 aromatic heterocycles. The fraction of sp³-hybridized carbons (Fsp3) is 0. The Morgan fingerprint density at radius 1 is 0.400 bits per heavy atom. The van der Waals surface area contributed by atoms with Crippen LogP contribution in [0, 0.1) is 0 Å². The number of nitrogens with zero attached hydrogens (tertiary/aromatic N) is 1. The second-order valence-corrected chi connectivity index (χ2v) is 13.4. The maximum atomic E-state index is 3.75. The second kappa shape index (κ2) is 10.6.